The topological polar surface area (TPSA) is 72.7 Å². The number of aromatic nitrogens is 3. The molecule has 2 aromatic heterocycles. The van der Waals surface area contributed by atoms with Crippen molar-refractivity contribution in [3.63, 3.8) is 0 Å². The third kappa shape index (κ3) is 3.81. The molecule has 1 aliphatic heterocycles. The zero-order chi connectivity index (χ0) is 22.0. The number of para-hydroxylation sites is 1. The van der Waals surface area contributed by atoms with Gasteiger partial charge in [0.15, 0.2) is 17.3 Å². The molecule has 31 heavy (non-hydrogen) atoms. The lowest BCUT2D eigenvalue weighted by molar-refractivity contribution is 0.0742. The van der Waals surface area contributed by atoms with Crippen LogP contribution in [0.2, 0.25) is 0 Å². The normalized spacial score (nSPS) is 13.9. The van der Waals surface area contributed by atoms with Crippen molar-refractivity contribution in [2.75, 3.05) is 45.3 Å². The molecule has 0 aliphatic carbocycles. The zero-order valence-corrected chi connectivity index (χ0v) is 18.3. The molecule has 3 heterocycles. The lowest BCUT2D eigenvalue weighted by Gasteiger charge is -2.36. The van der Waals surface area contributed by atoms with Gasteiger partial charge in [-0.1, -0.05) is 12.1 Å². The van der Waals surface area contributed by atoms with E-state index in [1.54, 1.807) is 32.5 Å². The Morgan fingerprint density at radius 1 is 0.968 bits per heavy atom. The van der Waals surface area contributed by atoms with Gasteiger partial charge in [-0.15, -0.1) is 0 Å². The Morgan fingerprint density at radius 3 is 2.39 bits per heavy atom. The van der Waals surface area contributed by atoms with Crippen molar-refractivity contribution in [3.05, 3.63) is 59.5 Å². The number of rotatable bonds is 5. The smallest absolute Gasteiger partial charge is 0.257 e. The third-order valence-electron chi connectivity index (χ3n) is 5.64. The van der Waals surface area contributed by atoms with Crippen molar-refractivity contribution in [2.45, 2.75) is 13.8 Å². The maximum atomic E-state index is 13.2. The maximum Gasteiger partial charge on any atom is 0.257 e. The van der Waals surface area contributed by atoms with Crippen LogP contribution in [0.25, 0.3) is 5.82 Å². The minimum atomic E-state index is -0.0481. The summed E-state index contributed by atoms with van der Waals surface area (Å²) in [7, 11) is 3.12. The molecule has 8 heteroatoms. The first-order valence-corrected chi connectivity index (χ1v) is 10.3. The number of methoxy groups -OCH3 is 2. The molecule has 1 saturated heterocycles. The minimum Gasteiger partial charge on any atom is -0.493 e. The van der Waals surface area contributed by atoms with Crippen LogP contribution in [0.1, 0.15) is 21.7 Å². The van der Waals surface area contributed by atoms with E-state index in [1.807, 2.05) is 40.8 Å². The SMILES string of the molecule is COc1cccc(C(=O)N2CCN(c3c(C)nn(-c4ccccn4)c3C)CC2)c1OC. The van der Waals surface area contributed by atoms with Crippen LogP contribution in [-0.4, -0.2) is 66.0 Å². The number of nitrogens with zero attached hydrogens (tertiary/aromatic N) is 5. The number of anilines is 1. The summed E-state index contributed by atoms with van der Waals surface area (Å²) in [4.78, 5) is 21.7. The molecule has 1 aromatic carbocycles. The number of hydrogen-bond donors (Lipinski definition) is 0. The van der Waals surface area contributed by atoms with Crippen LogP contribution in [0.5, 0.6) is 11.5 Å². The molecular weight excluding hydrogens is 394 g/mol. The van der Waals surface area contributed by atoms with Gasteiger partial charge in [0.25, 0.3) is 5.91 Å². The Bertz CT molecular complexity index is 1070. The van der Waals surface area contributed by atoms with E-state index < -0.39 is 0 Å². The summed E-state index contributed by atoms with van der Waals surface area (Å²) >= 11 is 0. The summed E-state index contributed by atoms with van der Waals surface area (Å²) in [6.07, 6.45) is 1.77. The lowest BCUT2D eigenvalue weighted by atomic mass is 10.1. The summed E-state index contributed by atoms with van der Waals surface area (Å²) in [6, 6.07) is 11.2. The molecule has 0 unspecified atom stereocenters. The van der Waals surface area contributed by atoms with Crippen molar-refractivity contribution in [2.24, 2.45) is 0 Å². The second-order valence-electron chi connectivity index (χ2n) is 7.44. The standard InChI is InChI=1S/C23H27N5O3/c1-16-21(17(2)28(25-16)20-10-5-6-11-24-20)26-12-14-27(15-13-26)23(29)18-8-7-9-19(30-3)22(18)31-4/h5-11H,12-15H2,1-4H3. The molecule has 0 spiro atoms. The van der Waals surface area contributed by atoms with E-state index in [-0.39, 0.29) is 5.91 Å². The van der Waals surface area contributed by atoms with E-state index in [0.717, 1.165) is 36.0 Å². The first-order chi connectivity index (χ1) is 15.0. The fourth-order valence-electron chi connectivity index (χ4n) is 4.15. The molecule has 0 N–H and O–H groups in total. The molecular formula is C23H27N5O3. The van der Waals surface area contributed by atoms with Crippen molar-refractivity contribution < 1.29 is 14.3 Å². The van der Waals surface area contributed by atoms with Gasteiger partial charge in [-0.2, -0.15) is 5.10 Å². The second-order valence-corrected chi connectivity index (χ2v) is 7.44. The van der Waals surface area contributed by atoms with Gasteiger partial charge in [-0.3, -0.25) is 4.79 Å². The fraction of sp³-hybridized carbons (Fsp3) is 0.348. The van der Waals surface area contributed by atoms with Crippen LogP contribution >= 0.6 is 0 Å². The van der Waals surface area contributed by atoms with Gasteiger partial charge in [-0.25, -0.2) is 9.67 Å². The molecule has 1 aliphatic rings. The van der Waals surface area contributed by atoms with E-state index in [0.29, 0.717) is 30.2 Å². The number of pyridine rings is 1. The highest BCUT2D eigenvalue weighted by atomic mass is 16.5. The number of ether oxygens (including phenoxy) is 2. The van der Waals surface area contributed by atoms with E-state index in [1.165, 1.54) is 0 Å². The minimum absolute atomic E-state index is 0.0481. The highest BCUT2D eigenvalue weighted by molar-refractivity contribution is 5.98. The van der Waals surface area contributed by atoms with Gasteiger partial charge in [0, 0.05) is 32.4 Å². The van der Waals surface area contributed by atoms with Gasteiger partial charge in [-0.05, 0) is 38.1 Å². The van der Waals surface area contributed by atoms with Gasteiger partial charge in [0.2, 0.25) is 0 Å². The fourth-order valence-corrected chi connectivity index (χ4v) is 4.15. The number of piperazine rings is 1. The highest BCUT2D eigenvalue weighted by Crippen LogP contribution is 2.32. The summed E-state index contributed by atoms with van der Waals surface area (Å²) in [5.74, 6) is 1.78. The van der Waals surface area contributed by atoms with E-state index in [2.05, 4.69) is 16.8 Å². The third-order valence-corrected chi connectivity index (χ3v) is 5.64. The van der Waals surface area contributed by atoms with E-state index in [4.69, 9.17) is 14.6 Å². The Kier molecular flexibility index (Phi) is 5.79. The van der Waals surface area contributed by atoms with Crippen LogP contribution in [-0.2, 0) is 0 Å². The predicted octanol–water partition coefficient (Wildman–Crippen LogP) is 2.86. The average molecular weight is 422 g/mol. The van der Waals surface area contributed by atoms with Crippen LogP contribution in [0, 0.1) is 13.8 Å². The molecule has 8 nitrogen and oxygen atoms in total. The maximum absolute atomic E-state index is 13.2. The number of hydrogen-bond acceptors (Lipinski definition) is 6. The molecule has 1 amide bonds. The lowest BCUT2D eigenvalue weighted by Crippen LogP contribution is -2.49. The van der Waals surface area contributed by atoms with Crippen LogP contribution < -0.4 is 14.4 Å². The first-order valence-electron chi connectivity index (χ1n) is 10.3. The van der Waals surface area contributed by atoms with Gasteiger partial charge in [0.05, 0.1) is 36.9 Å². The Morgan fingerprint density at radius 2 is 1.74 bits per heavy atom. The summed E-state index contributed by atoms with van der Waals surface area (Å²) < 4.78 is 12.7. The summed E-state index contributed by atoms with van der Waals surface area (Å²) in [5, 5.41) is 4.70. The van der Waals surface area contributed by atoms with Crippen molar-refractivity contribution in [1.82, 2.24) is 19.7 Å². The number of carbonyl (C=O) groups is 1. The average Bonchev–Trinajstić information content (AvgIpc) is 3.12. The van der Waals surface area contributed by atoms with Crippen LogP contribution in [0.4, 0.5) is 5.69 Å². The summed E-state index contributed by atoms with van der Waals surface area (Å²) in [5.41, 5.74) is 3.63. The number of benzene rings is 1. The Labute approximate surface area is 182 Å². The quantitative estimate of drug-likeness (QED) is 0.631. The molecule has 0 radical (unpaired) electrons. The van der Waals surface area contributed by atoms with Crippen molar-refractivity contribution in [3.8, 4) is 17.3 Å². The largest absolute Gasteiger partial charge is 0.493 e. The Balaban J connectivity index is 1.51. The first kappa shape index (κ1) is 20.7. The molecule has 0 bridgehead atoms. The molecule has 1 fully saturated rings. The Hall–Kier alpha value is -3.55. The molecule has 162 valence electrons. The van der Waals surface area contributed by atoms with Crippen LogP contribution in [0.3, 0.4) is 0 Å². The van der Waals surface area contributed by atoms with Crippen molar-refractivity contribution in [1.29, 1.82) is 0 Å². The monoisotopic (exact) mass is 421 g/mol. The van der Waals surface area contributed by atoms with Gasteiger partial charge in [0.1, 0.15) is 0 Å². The van der Waals surface area contributed by atoms with Crippen molar-refractivity contribution >= 4 is 11.6 Å². The van der Waals surface area contributed by atoms with Crippen LogP contribution in [0.15, 0.2) is 42.6 Å². The van der Waals surface area contributed by atoms with Gasteiger partial charge < -0.3 is 19.3 Å². The van der Waals surface area contributed by atoms with Gasteiger partial charge >= 0.3 is 0 Å². The molecule has 3 aromatic rings. The molecule has 0 atom stereocenters. The molecule has 0 saturated carbocycles. The highest BCUT2D eigenvalue weighted by Gasteiger charge is 2.28. The van der Waals surface area contributed by atoms with E-state index in [9.17, 15) is 4.79 Å². The zero-order valence-electron chi connectivity index (χ0n) is 18.3. The number of carbonyl (C=O) groups excluding carboxylic acids is 1. The molecule has 4 rings (SSSR count). The second kappa shape index (κ2) is 8.67. The van der Waals surface area contributed by atoms with E-state index >= 15 is 0 Å². The number of aryl methyl sites for hydroxylation is 1. The predicted molar refractivity (Wildman–Crippen MR) is 118 cm³/mol. The number of amides is 1. The summed E-state index contributed by atoms with van der Waals surface area (Å²) in [6.45, 7) is 6.77.